The molecule has 1 unspecified atom stereocenters. The van der Waals surface area contributed by atoms with E-state index in [4.69, 9.17) is 26.6 Å². The second-order valence-corrected chi connectivity index (χ2v) is 20.1. The summed E-state index contributed by atoms with van der Waals surface area (Å²) < 4.78 is 36.9. The Hall–Kier alpha value is -1.27. The summed E-state index contributed by atoms with van der Waals surface area (Å²) in [4.78, 5) is 31.6. The fraction of sp³-hybridized carbons (Fsp3) is 0.946. The average Bonchev–Trinajstić information content (AvgIpc) is 3.10. The van der Waals surface area contributed by atoms with Gasteiger partial charge in [-0.15, -0.1) is 0 Å². The van der Waals surface area contributed by atoms with Crippen molar-refractivity contribution in [3.05, 3.63) is 0 Å². The maximum atomic E-state index is 13.9. The molecule has 300 valence electrons. The van der Waals surface area contributed by atoms with E-state index in [0.717, 1.165) is 64.2 Å². The Morgan fingerprint density at radius 1 is 0.627 bits per heavy atom. The molecular formula is C37H76N4O8Si2. The summed E-state index contributed by atoms with van der Waals surface area (Å²) >= 11 is 0. The smallest absolute Gasteiger partial charge is 0.373 e. The van der Waals surface area contributed by atoms with Crippen LogP contribution in [0.1, 0.15) is 139 Å². The van der Waals surface area contributed by atoms with Crippen molar-refractivity contribution >= 4 is 29.7 Å². The number of urea groups is 2. The highest BCUT2D eigenvalue weighted by Gasteiger charge is 2.47. The molecule has 0 bridgehead atoms. The van der Waals surface area contributed by atoms with Crippen LogP contribution in [0.4, 0.5) is 9.59 Å². The third-order valence-electron chi connectivity index (χ3n) is 10.00. The first-order valence-corrected chi connectivity index (χ1v) is 24.2. The van der Waals surface area contributed by atoms with Crippen LogP contribution in [0.5, 0.6) is 0 Å². The van der Waals surface area contributed by atoms with E-state index in [2.05, 4.69) is 31.4 Å². The van der Waals surface area contributed by atoms with E-state index < -0.39 is 17.6 Å². The quantitative estimate of drug-likeness (QED) is 0.0932. The van der Waals surface area contributed by atoms with Crippen molar-refractivity contribution < 1.29 is 36.1 Å². The fourth-order valence-electron chi connectivity index (χ4n) is 7.84. The number of rotatable bonds is 25. The molecular weight excluding hydrogens is 685 g/mol. The van der Waals surface area contributed by atoms with Crippen molar-refractivity contribution in [3.63, 3.8) is 0 Å². The predicted octanol–water partition coefficient (Wildman–Crippen LogP) is 7.29. The predicted molar refractivity (Wildman–Crippen MR) is 207 cm³/mol. The van der Waals surface area contributed by atoms with Gasteiger partial charge in [-0.25, -0.2) is 9.59 Å². The summed E-state index contributed by atoms with van der Waals surface area (Å²) in [6.45, 7) is 22.3. The van der Waals surface area contributed by atoms with Gasteiger partial charge in [-0.05, 0) is 91.4 Å². The van der Waals surface area contributed by atoms with Crippen LogP contribution >= 0.6 is 0 Å². The lowest BCUT2D eigenvalue weighted by atomic mass is 9.82. The molecule has 0 aromatic carbocycles. The SMILES string of the molecule is CCO[Si](CN(C(=O)NCCC(C)CC(C)(C)CNC(=O)N(C[Si](OCC)(OCC)OCC)C1CCCCC1)C1CCCCC1)(OCC)OCC. The van der Waals surface area contributed by atoms with Gasteiger partial charge in [-0.1, -0.05) is 59.3 Å². The van der Waals surface area contributed by atoms with Crippen LogP contribution < -0.4 is 10.6 Å². The van der Waals surface area contributed by atoms with Crippen molar-refractivity contribution in [2.75, 3.05) is 65.1 Å². The number of nitrogens with one attached hydrogen (secondary N) is 2. The Morgan fingerprint density at radius 2 is 0.980 bits per heavy atom. The van der Waals surface area contributed by atoms with E-state index >= 15 is 0 Å². The van der Waals surface area contributed by atoms with Gasteiger partial charge in [0.05, 0.1) is 12.3 Å². The zero-order valence-electron chi connectivity index (χ0n) is 33.9. The number of hydrogen-bond donors (Lipinski definition) is 2. The molecule has 2 saturated carbocycles. The molecule has 2 rings (SSSR count). The molecule has 4 amide bonds. The molecule has 0 aromatic rings. The molecule has 0 aliphatic heterocycles. The lowest BCUT2D eigenvalue weighted by Crippen LogP contribution is -2.61. The van der Waals surface area contributed by atoms with Crippen LogP contribution in [0.15, 0.2) is 0 Å². The van der Waals surface area contributed by atoms with Crippen molar-refractivity contribution in [1.29, 1.82) is 0 Å². The normalized spacial score (nSPS) is 17.3. The molecule has 0 radical (unpaired) electrons. The Bertz CT molecular complexity index is 935. The van der Waals surface area contributed by atoms with Gasteiger partial charge in [0.25, 0.3) is 0 Å². The highest BCUT2D eigenvalue weighted by atomic mass is 28.4. The number of amides is 4. The van der Waals surface area contributed by atoms with Gasteiger partial charge in [0.2, 0.25) is 0 Å². The van der Waals surface area contributed by atoms with Crippen molar-refractivity contribution in [3.8, 4) is 0 Å². The van der Waals surface area contributed by atoms with Gasteiger partial charge in [0, 0.05) is 64.8 Å². The first kappa shape index (κ1) is 45.9. The maximum absolute atomic E-state index is 13.9. The molecule has 2 N–H and O–H groups in total. The van der Waals surface area contributed by atoms with Gasteiger partial charge < -0.3 is 47.0 Å². The highest BCUT2D eigenvalue weighted by molar-refractivity contribution is 6.61. The van der Waals surface area contributed by atoms with E-state index in [1.54, 1.807) is 0 Å². The highest BCUT2D eigenvalue weighted by Crippen LogP contribution is 2.29. The van der Waals surface area contributed by atoms with Crippen LogP contribution in [0.25, 0.3) is 0 Å². The summed E-state index contributed by atoms with van der Waals surface area (Å²) in [6.07, 6.45) is 13.3. The van der Waals surface area contributed by atoms with Gasteiger partial charge in [-0.3, -0.25) is 0 Å². The fourth-order valence-corrected chi connectivity index (χ4v) is 13.2. The largest absolute Gasteiger partial charge is 0.521 e. The molecule has 2 aliphatic rings. The topological polar surface area (TPSA) is 120 Å². The van der Waals surface area contributed by atoms with Gasteiger partial charge in [0.1, 0.15) is 0 Å². The molecule has 2 fully saturated rings. The molecule has 0 spiro atoms. The van der Waals surface area contributed by atoms with E-state index in [1.165, 1.54) is 12.8 Å². The Labute approximate surface area is 313 Å². The molecule has 0 saturated heterocycles. The van der Waals surface area contributed by atoms with E-state index in [-0.39, 0.29) is 29.6 Å². The van der Waals surface area contributed by atoms with Gasteiger partial charge >= 0.3 is 29.7 Å². The molecule has 1 atom stereocenters. The Morgan fingerprint density at radius 3 is 1.33 bits per heavy atom. The molecule has 14 heteroatoms. The monoisotopic (exact) mass is 761 g/mol. The Kier molecular flexibility index (Phi) is 21.8. The van der Waals surface area contributed by atoms with Crippen LogP contribution in [0.2, 0.25) is 0 Å². The lowest BCUT2D eigenvalue weighted by Gasteiger charge is -2.40. The molecule has 0 aromatic heterocycles. The molecule has 2 aliphatic carbocycles. The second kappa shape index (κ2) is 24.2. The number of carbonyl (C=O) groups excluding carboxylic acids is 2. The van der Waals surface area contributed by atoms with Crippen LogP contribution in [0.3, 0.4) is 0 Å². The minimum absolute atomic E-state index is 0.0646. The van der Waals surface area contributed by atoms with Gasteiger partial charge in [0.15, 0.2) is 0 Å². The van der Waals surface area contributed by atoms with E-state index in [0.29, 0.717) is 71.0 Å². The van der Waals surface area contributed by atoms with Crippen LogP contribution in [0, 0.1) is 11.3 Å². The second-order valence-electron chi connectivity index (χ2n) is 15.0. The molecule has 12 nitrogen and oxygen atoms in total. The van der Waals surface area contributed by atoms with Crippen molar-refractivity contribution in [2.24, 2.45) is 11.3 Å². The van der Waals surface area contributed by atoms with E-state index in [1.807, 2.05) is 51.3 Å². The third kappa shape index (κ3) is 15.9. The number of carbonyl (C=O) groups is 2. The summed E-state index contributed by atoms with van der Waals surface area (Å²) in [5, 5.41) is 6.52. The number of hydrogen-bond acceptors (Lipinski definition) is 8. The summed E-state index contributed by atoms with van der Waals surface area (Å²) in [5.41, 5.74) is -0.141. The van der Waals surface area contributed by atoms with Crippen LogP contribution in [-0.2, 0) is 26.6 Å². The molecule has 0 heterocycles. The minimum Gasteiger partial charge on any atom is -0.373 e. The summed E-state index contributed by atoms with van der Waals surface area (Å²) in [7, 11) is -6.12. The van der Waals surface area contributed by atoms with Gasteiger partial charge in [-0.2, -0.15) is 0 Å². The first-order chi connectivity index (χ1) is 24.4. The van der Waals surface area contributed by atoms with Crippen molar-refractivity contribution in [1.82, 2.24) is 20.4 Å². The first-order valence-electron chi connectivity index (χ1n) is 20.4. The van der Waals surface area contributed by atoms with E-state index in [9.17, 15) is 9.59 Å². The zero-order chi connectivity index (χ0) is 37.8. The lowest BCUT2D eigenvalue weighted by molar-refractivity contribution is 0.0521. The minimum atomic E-state index is -3.07. The standard InChI is InChI=1S/C37H76N4O8Si2/c1-10-44-50(45-11-2,46-12-3)30-40(33-22-18-16-19-23-33)35(42)38-27-26-32(7)28-37(8,9)29-39-36(43)41(34-24-20-17-21-25-34)31-51(47-13-4,48-14-5)49-15-6/h32-34H,10-31H2,1-9H3,(H,38,42)(H,39,43). The van der Waals surface area contributed by atoms with Crippen molar-refractivity contribution in [2.45, 2.75) is 151 Å². The number of nitrogens with zero attached hydrogens (tertiary/aromatic N) is 2. The summed E-state index contributed by atoms with van der Waals surface area (Å²) in [5.74, 6) is 0.340. The third-order valence-corrected chi connectivity index (χ3v) is 15.8. The summed E-state index contributed by atoms with van der Waals surface area (Å²) in [6, 6.07) is 0.169. The maximum Gasteiger partial charge on any atom is 0.521 e. The van der Waals surface area contributed by atoms with Crippen LogP contribution in [-0.4, -0.2) is 117 Å². The zero-order valence-corrected chi connectivity index (χ0v) is 35.9. The molecule has 51 heavy (non-hydrogen) atoms. The average molecular weight is 761 g/mol. The Balaban J connectivity index is 2.03.